The normalized spacial score (nSPS) is 23.8. The monoisotopic (exact) mass is 257 g/mol. The fourth-order valence-corrected chi connectivity index (χ4v) is 2.79. The van der Waals surface area contributed by atoms with Gasteiger partial charge in [-0.1, -0.05) is 43.7 Å². The maximum Gasteiger partial charge on any atom is 0.246 e. The Bertz CT molecular complexity index is 451. The summed E-state index contributed by atoms with van der Waals surface area (Å²) >= 11 is 0. The van der Waals surface area contributed by atoms with Crippen molar-refractivity contribution >= 4 is 12.0 Å². The predicted octanol–water partition coefficient (Wildman–Crippen LogP) is 3.51. The molecule has 0 spiro atoms. The van der Waals surface area contributed by atoms with Crippen LogP contribution in [0.4, 0.5) is 0 Å². The maximum absolute atomic E-state index is 12.2. The van der Waals surface area contributed by atoms with Crippen LogP contribution < -0.4 is 0 Å². The highest BCUT2D eigenvalue weighted by atomic mass is 16.2. The largest absolute Gasteiger partial charge is 0.339 e. The standard InChI is InChI=1S/C17H23NO/c1-13-4-6-16(7-5-13)8-9-17(19)18-11-14(2)10-15(3)12-18/h4-9,14-15H,10-12H2,1-3H3/b9-8+. The number of likely N-dealkylation sites (tertiary alicyclic amines) is 1. The molecule has 19 heavy (non-hydrogen) atoms. The number of hydrogen-bond donors (Lipinski definition) is 0. The number of rotatable bonds is 2. The Hall–Kier alpha value is -1.57. The Morgan fingerprint density at radius 2 is 1.74 bits per heavy atom. The number of benzene rings is 1. The van der Waals surface area contributed by atoms with Gasteiger partial charge in [-0.2, -0.15) is 0 Å². The lowest BCUT2D eigenvalue weighted by molar-refractivity contribution is -0.128. The first-order valence-corrected chi connectivity index (χ1v) is 7.08. The summed E-state index contributed by atoms with van der Waals surface area (Å²) in [6.45, 7) is 8.29. The van der Waals surface area contributed by atoms with E-state index >= 15 is 0 Å². The second-order valence-corrected chi connectivity index (χ2v) is 5.93. The van der Waals surface area contributed by atoms with Crippen LogP contribution >= 0.6 is 0 Å². The van der Waals surface area contributed by atoms with Gasteiger partial charge in [-0.3, -0.25) is 4.79 Å². The van der Waals surface area contributed by atoms with Crippen LogP contribution in [-0.4, -0.2) is 23.9 Å². The number of carbonyl (C=O) groups is 1. The van der Waals surface area contributed by atoms with E-state index in [9.17, 15) is 4.79 Å². The maximum atomic E-state index is 12.2. The van der Waals surface area contributed by atoms with Gasteiger partial charge in [0.2, 0.25) is 5.91 Å². The Balaban J connectivity index is 1.98. The van der Waals surface area contributed by atoms with Gasteiger partial charge in [-0.25, -0.2) is 0 Å². The number of piperidine rings is 1. The zero-order valence-corrected chi connectivity index (χ0v) is 12.1. The molecule has 1 aliphatic heterocycles. The summed E-state index contributed by atoms with van der Waals surface area (Å²) in [7, 11) is 0. The van der Waals surface area contributed by atoms with Crippen molar-refractivity contribution in [3.63, 3.8) is 0 Å². The molecule has 0 radical (unpaired) electrons. The Morgan fingerprint density at radius 3 is 2.32 bits per heavy atom. The average Bonchev–Trinajstić information content (AvgIpc) is 2.36. The molecule has 1 heterocycles. The van der Waals surface area contributed by atoms with Gasteiger partial charge < -0.3 is 4.90 Å². The van der Waals surface area contributed by atoms with E-state index in [0.29, 0.717) is 11.8 Å². The first-order valence-electron chi connectivity index (χ1n) is 7.08. The fraction of sp³-hybridized carbons (Fsp3) is 0.471. The molecular weight excluding hydrogens is 234 g/mol. The van der Waals surface area contributed by atoms with Crippen LogP contribution in [0.2, 0.25) is 0 Å². The Kier molecular flexibility index (Phi) is 4.41. The molecule has 2 heteroatoms. The third-order valence-corrected chi connectivity index (χ3v) is 3.68. The first kappa shape index (κ1) is 13.9. The van der Waals surface area contributed by atoms with Gasteiger partial charge in [0.25, 0.3) is 0 Å². The summed E-state index contributed by atoms with van der Waals surface area (Å²) in [4.78, 5) is 14.1. The van der Waals surface area contributed by atoms with Crippen molar-refractivity contribution in [1.29, 1.82) is 0 Å². The molecule has 2 atom stereocenters. The van der Waals surface area contributed by atoms with Crippen molar-refractivity contribution in [2.75, 3.05) is 13.1 Å². The lowest BCUT2D eigenvalue weighted by Gasteiger charge is -2.34. The Labute approximate surface area is 116 Å². The molecule has 0 aromatic heterocycles. The van der Waals surface area contributed by atoms with Gasteiger partial charge in [0, 0.05) is 19.2 Å². The van der Waals surface area contributed by atoms with E-state index in [1.165, 1.54) is 12.0 Å². The molecule has 102 valence electrons. The van der Waals surface area contributed by atoms with Crippen LogP contribution in [-0.2, 0) is 4.79 Å². The van der Waals surface area contributed by atoms with Crippen molar-refractivity contribution in [2.45, 2.75) is 27.2 Å². The SMILES string of the molecule is Cc1ccc(/C=C/C(=O)N2CC(C)CC(C)C2)cc1. The van der Waals surface area contributed by atoms with E-state index in [1.807, 2.05) is 23.1 Å². The van der Waals surface area contributed by atoms with E-state index in [0.717, 1.165) is 18.7 Å². The van der Waals surface area contributed by atoms with E-state index in [-0.39, 0.29) is 5.91 Å². The molecule has 1 saturated heterocycles. The number of aryl methyl sites for hydroxylation is 1. The molecule has 0 N–H and O–H groups in total. The number of hydrogen-bond acceptors (Lipinski definition) is 1. The zero-order chi connectivity index (χ0) is 13.8. The van der Waals surface area contributed by atoms with Gasteiger partial charge >= 0.3 is 0 Å². The van der Waals surface area contributed by atoms with Crippen LogP contribution in [0.1, 0.15) is 31.4 Å². The molecule has 1 aromatic carbocycles. The van der Waals surface area contributed by atoms with Crippen molar-refractivity contribution in [2.24, 2.45) is 11.8 Å². The molecule has 2 unspecified atom stereocenters. The van der Waals surface area contributed by atoms with E-state index in [4.69, 9.17) is 0 Å². The molecule has 0 bridgehead atoms. The number of amides is 1. The van der Waals surface area contributed by atoms with Crippen molar-refractivity contribution in [1.82, 2.24) is 4.90 Å². The van der Waals surface area contributed by atoms with Gasteiger partial charge in [0.05, 0.1) is 0 Å². The molecule has 1 aromatic rings. The van der Waals surface area contributed by atoms with Crippen LogP contribution in [0.3, 0.4) is 0 Å². The summed E-state index contributed by atoms with van der Waals surface area (Å²) in [6, 6.07) is 8.21. The fourth-order valence-electron chi connectivity index (χ4n) is 2.79. The lowest BCUT2D eigenvalue weighted by atomic mass is 9.92. The summed E-state index contributed by atoms with van der Waals surface area (Å²) in [6.07, 6.45) is 4.84. The summed E-state index contributed by atoms with van der Waals surface area (Å²) in [5.41, 5.74) is 2.32. The van der Waals surface area contributed by atoms with Gasteiger partial charge in [0.15, 0.2) is 0 Å². The minimum atomic E-state index is 0.138. The Morgan fingerprint density at radius 1 is 1.16 bits per heavy atom. The third kappa shape index (κ3) is 3.95. The van der Waals surface area contributed by atoms with E-state index < -0.39 is 0 Å². The molecule has 0 saturated carbocycles. The molecule has 2 nitrogen and oxygen atoms in total. The highest BCUT2D eigenvalue weighted by Crippen LogP contribution is 2.21. The molecule has 1 fully saturated rings. The molecule has 1 amide bonds. The van der Waals surface area contributed by atoms with Crippen LogP contribution in [0.15, 0.2) is 30.3 Å². The predicted molar refractivity (Wildman–Crippen MR) is 79.7 cm³/mol. The van der Waals surface area contributed by atoms with Crippen LogP contribution in [0.5, 0.6) is 0 Å². The van der Waals surface area contributed by atoms with Gasteiger partial charge in [0.1, 0.15) is 0 Å². The second kappa shape index (κ2) is 6.05. The zero-order valence-electron chi connectivity index (χ0n) is 12.1. The molecule has 2 rings (SSSR count). The van der Waals surface area contributed by atoms with Crippen molar-refractivity contribution < 1.29 is 4.79 Å². The summed E-state index contributed by atoms with van der Waals surface area (Å²) in [5, 5.41) is 0. The minimum Gasteiger partial charge on any atom is -0.339 e. The highest BCUT2D eigenvalue weighted by molar-refractivity contribution is 5.91. The summed E-state index contributed by atoms with van der Waals surface area (Å²) in [5.74, 6) is 1.36. The highest BCUT2D eigenvalue weighted by Gasteiger charge is 2.23. The smallest absolute Gasteiger partial charge is 0.246 e. The van der Waals surface area contributed by atoms with Crippen molar-refractivity contribution in [3.05, 3.63) is 41.5 Å². The molecule has 1 aliphatic rings. The molecule has 0 aliphatic carbocycles. The third-order valence-electron chi connectivity index (χ3n) is 3.68. The van der Waals surface area contributed by atoms with E-state index in [2.05, 4.69) is 32.9 Å². The van der Waals surface area contributed by atoms with Gasteiger partial charge in [-0.05, 0) is 36.8 Å². The summed E-state index contributed by atoms with van der Waals surface area (Å²) < 4.78 is 0. The van der Waals surface area contributed by atoms with Crippen molar-refractivity contribution in [3.8, 4) is 0 Å². The minimum absolute atomic E-state index is 0.138. The second-order valence-electron chi connectivity index (χ2n) is 5.93. The number of nitrogens with zero attached hydrogens (tertiary/aromatic N) is 1. The van der Waals surface area contributed by atoms with E-state index in [1.54, 1.807) is 6.08 Å². The lowest BCUT2D eigenvalue weighted by Crippen LogP contribution is -2.41. The topological polar surface area (TPSA) is 20.3 Å². The van der Waals surface area contributed by atoms with Gasteiger partial charge in [-0.15, -0.1) is 0 Å². The average molecular weight is 257 g/mol. The van der Waals surface area contributed by atoms with Crippen LogP contribution in [0, 0.1) is 18.8 Å². The molecular formula is C17H23NO. The van der Waals surface area contributed by atoms with Crippen LogP contribution in [0.25, 0.3) is 6.08 Å². The quantitative estimate of drug-likeness (QED) is 0.742. The number of carbonyl (C=O) groups excluding carboxylic acids is 1. The first-order chi connectivity index (χ1) is 9.04.